The molecular weight excluding hydrogens is 320 g/mol. The highest BCUT2D eigenvalue weighted by molar-refractivity contribution is 7.89. The average molecular weight is 338 g/mol. The van der Waals surface area contributed by atoms with E-state index in [1.54, 1.807) is 37.3 Å². The van der Waals surface area contributed by atoms with Crippen LogP contribution in [-0.2, 0) is 28.6 Å². The molecule has 0 spiro atoms. The zero-order valence-corrected chi connectivity index (χ0v) is 13.7. The van der Waals surface area contributed by atoms with Gasteiger partial charge in [-0.05, 0) is 25.0 Å². The van der Waals surface area contributed by atoms with Crippen molar-refractivity contribution < 1.29 is 26.9 Å². The molecular formula is C16H18O6S. The summed E-state index contributed by atoms with van der Waals surface area (Å²) in [5, 5.41) is 0.875. The first kappa shape index (κ1) is 18.6. The maximum absolute atomic E-state index is 11.7. The highest BCUT2D eigenvalue weighted by atomic mass is 32.2. The van der Waals surface area contributed by atoms with E-state index < -0.39 is 22.1 Å². The molecule has 0 N–H and O–H groups in total. The number of carbonyl (C=O) groups is 2. The third kappa shape index (κ3) is 7.42. The molecule has 0 saturated carbocycles. The Hall–Kier alpha value is -2.41. The van der Waals surface area contributed by atoms with E-state index in [2.05, 4.69) is 8.92 Å². The van der Waals surface area contributed by atoms with Gasteiger partial charge in [0.25, 0.3) is 0 Å². The van der Waals surface area contributed by atoms with Gasteiger partial charge in [-0.2, -0.15) is 8.42 Å². The lowest BCUT2D eigenvalue weighted by Crippen LogP contribution is -2.13. The van der Waals surface area contributed by atoms with Gasteiger partial charge in [0.15, 0.2) is 0 Å². The fourth-order valence-corrected chi connectivity index (χ4v) is 2.05. The van der Waals surface area contributed by atoms with Gasteiger partial charge in [0.2, 0.25) is 0 Å². The molecule has 0 aliphatic heterocycles. The van der Waals surface area contributed by atoms with Crippen LogP contribution in [-0.4, -0.2) is 20.4 Å². The van der Waals surface area contributed by atoms with Gasteiger partial charge in [-0.25, -0.2) is 4.79 Å². The number of carbonyl (C=O) groups excluding carboxylic acids is 2. The maximum Gasteiger partial charge on any atom is 0.344 e. The first-order valence-electron chi connectivity index (χ1n) is 6.92. The molecule has 1 rings (SSSR count). The van der Waals surface area contributed by atoms with Crippen molar-refractivity contribution in [1.29, 1.82) is 0 Å². The molecule has 0 amide bonds. The molecule has 0 unspecified atom stereocenters. The summed E-state index contributed by atoms with van der Waals surface area (Å²) >= 11 is 0. The Morgan fingerprint density at radius 1 is 1.17 bits per heavy atom. The van der Waals surface area contributed by atoms with Gasteiger partial charge in [-0.3, -0.25) is 4.79 Å². The zero-order valence-electron chi connectivity index (χ0n) is 12.9. The second-order valence-corrected chi connectivity index (χ2v) is 6.07. The summed E-state index contributed by atoms with van der Waals surface area (Å²) in [5.74, 6) is -1.61. The summed E-state index contributed by atoms with van der Waals surface area (Å²) in [6.45, 7) is 3.06. The number of benzene rings is 1. The van der Waals surface area contributed by atoms with E-state index >= 15 is 0 Å². The van der Waals surface area contributed by atoms with E-state index in [4.69, 9.17) is 0 Å². The van der Waals surface area contributed by atoms with Crippen LogP contribution < -0.4 is 0 Å². The van der Waals surface area contributed by atoms with Gasteiger partial charge in [-0.1, -0.05) is 37.3 Å². The maximum atomic E-state index is 11.7. The van der Waals surface area contributed by atoms with Crippen LogP contribution in [0.15, 0.2) is 47.6 Å². The average Bonchev–Trinajstić information content (AvgIpc) is 2.52. The molecule has 0 aromatic heterocycles. The first-order chi connectivity index (χ1) is 10.8. The Kier molecular flexibility index (Phi) is 7.21. The smallest absolute Gasteiger partial charge is 0.344 e. The molecule has 6 nitrogen and oxygen atoms in total. The number of hydrogen-bond acceptors (Lipinski definition) is 6. The molecule has 0 atom stereocenters. The number of esters is 2. The third-order valence-corrected chi connectivity index (χ3v) is 3.40. The predicted octanol–water partition coefficient (Wildman–Crippen LogP) is 2.78. The van der Waals surface area contributed by atoms with Crippen molar-refractivity contribution in [2.24, 2.45) is 0 Å². The van der Waals surface area contributed by atoms with Crippen LogP contribution in [0, 0.1) is 0 Å². The fraction of sp³-hybridized carbons (Fsp3) is 0.250. The lowest BCUT2D eigenvalue weighted by Gasteiger charge is -2.02. The topological polar surface area (TPSA) is 86.7 Å². The van der Waals surface area contributed by atoms with Crippen molar-refractivity contribution in [1.82, 2.24) is 0 Å². The molecule has 0 aliphatic rings. The van der Waals surface area contributed by atoms with E-state index in [-0.39, 0.29) is 12.0 Å². The highest BCUT2D eigenvalue weighted by Crippen LogP contribution is 2.07. The fourth-order valence-electron chi connectivity index (χ4n) is 1.38. The molecule has 0 aliphatic carbocycles. The summed E-state index contributed by atoms with van der Waals surface area (Å²) in [4.78, 5) is 22.7. The monoisotopic (exact) mass is 338 g/mol. The van der Waals surface area contributed by atoms with E-state index in [1.807, 2.05) is 0 Å². The molecule has 1 aromatic carbocycles. The van der Waals surface area contributed by atoms with Crippen LogP contribution in [0.25, 0.3) is 6.08 Å². The SMILES string of the molecule is CCCC(=O)OC(=O)C(C)=COS(=O)(=O)C=Cc1ccccc1. The van der Waals surface area contributed by atoms with Gasteiger partial charge in [0.05, 0.1) is 11.0 Å². The van der Waals surface area contributed by atoms with Gasteiger partial charge in [0, 0.05) is 6.42 Å². The van der Waals surface area contributed by atoms with Crippen LogP contribution in [0.5, 0.6) is 0 Å². The third-order valence-electron chi connectivity index (χ3n) is 2.57. The number of hydrogen-bond donors (Lipinski definition) is 0. The molecule has 0 bridgehead atoms. The first-order valence-corrected chi connectivity index (χ1v) is 8.39. The molecule has 7 heteroatoms. The summed E-state index contributed by atoms with van der Waals surface area (Å²) in [7, 11) is -4.00. The second kappa shape index (κ2) is 8.89. The van der Waals surface area contributed by atoms with Crippen molar-refractivity contribution in [3.8, 4) is 0 Å². The Morgan fingerprint density at radius 2 is 1.83 bits per heavy atom. The second-order valence-electron chi connectivity index (χ2n) is 4.61. The van der Waals surface area contributed by atoms with Crippen molar-refractivity contribution in [3.05, 3.63) is 53.1 Å². The minimum atomic E-state index is -4.00. The number of rotatable bonds is 7. The number of ether oxygens (including phenoxy) is 1. The standard InChI is InChI=1S/C16H18O6S/c1-3-7-15(17)22-16(18)13(2)12-21-23(19,20)11-10-14-8-5-4-6-9-14/h4-6,8-12H,3,7H2,1-2H3. The van der Waals surface area contributed by atoms with E-state index in [0.717, 1.165) is 11.7 Å². The Morgan fingerprint density at radius 3 is 2.43 bits per heavy atom. The summed E-state index contributed by atoms with van der Waals surface area (Å²) < 4.78 is 32.5. The van der Waals surface area contributed by atoms with Crippen molar-refractivity contribution in [3.63, 3.8) is 0 Å². The van der Waals surface area contributed by atoms with E-state index in [1.165, 1.54) is 13.0 Å². The largest absolute Gasteiger partial charge is 0.390 e. The summed E-state index contributed by atoms with van der Waals surface area (Å²) in [6, 6.07) is 8.79. The highest BCUT2D eigenvalue weighted by Gasteiger charge is 2.13. The Balaban J connectivity index is 2.65. The van der Waals surface area contributed by atoms with Crippen LogP contribution in [0.4, 0.5) is 0 Å². The molecule has 0 fully saturated rings. The van der Waals surface area contributed by atoms with E-state index in [9.17, 15) is 18.0 Å². The van der Waals surface area contributed by atoms with E-state index in [0.29, 0.717) is 12.0 Å². The minimum Gasteiger partial charge on any atom is -0.390 e. The van der Waals surface area contributed by atoms with Crippen molar-refractivity contribution in [2.45, 2.75) is 26.7 Å². The van der Waals surface area contributed by atoms with Gasteiger partial charge in [0.1, 0.15) is 6.26 Å². The molecule has 1 aromatic rings. The van der Waals surface area contributed by atoms with Crippen LogP contribution in [0.1, 0.15) is 32.3 Å². The zero-order chi connectivity index (χ0) is 17.3. The summed E-state index contributed by atoms with van der Waals surface area (Å²) in [6.07, 6.45) is 2.76. The van der Waals surface area contributed by atoms with Crippen molar-refractivity contribution in [2.75, 3.05) is 0 Å². The summed E-state index contributed by atoms with van der Waals surface area (Å²) in [5.41, 5.74) is 0.552. The van der Waals surface area contributed by atoms with Gasteiger partial charge in [-0.15, -0.1) is 0 Å². The van der Waals surface area contributed by atoms with Crippen molar-refractivity contribution >= 4 is 28.1 Å². The predicted molar refractivity (Wildman–Crippen MR) is 85.2 cm³/mol. The van der Waals surface area contributed by atoms with Crippen LogP contribution in [0.2, 0.25) is 0 Å². The lowest BCUT2D eigenvalue weighted by atomic mass is 10.2. The van der Waals surface area contributed by atoms with Crippen LogP contribution in [0.3, 0.4) is 0 Å². The quantitative estimate of drug-likeness (QED) is 0.250. The lowest BCUT2D eigenvalue weighted by molar-refractivity contribution is -0.156. The van der Waals surface area contributed by atoms with Crippen LogP contribution >= 0.6 is 0 Å². The Bertz CT molecular complexity index is 701. The van der Waals surface area contributed by atoms with Gasteiger partial charge >= 0.3 is 22.1 Å². The Labute approximate surface area is 135 Å². The molecule has 0 heterocycles. The minimum absolute atomic E-state index is 0.109. The molecule has 23 heavy (non-hydrogen) atoms. The normalized spacial score (nSPS) is 12.2. The molecule has 0 saturated heterocycles. The van der Waals surface area contributed by atoms with Gasteiger partial charge < -0.3 is 8.92 Å². The molecule has 0 radical (unpaired) electrons. The molecule has 124 valence electrons.